The van der Waals surface area contributed by atoms with Gasteiger partial charge in [-0.2, -0.15) is 0 Å². The van der Waals surface area contributed by atoms with Crippen LogP contribution in [0.15, 0.2) is 57.5 Å². The number of anilines is 1. The first-order valence-electron chi connectivity index (χ1n) is 22.8. The summed E-state index contributed by atoms with van der Waals surface area (Å²) in [5.41, 5.74) is -0.0543. The number of amides is 1. The Kier molecular flexibility index (Phi) is 14.0. The van der Waals surface area contributed by atoms with Gasteiger partial charge in [-0.05, 0) is 46.9 Å². The van der Waals surface area contributed by atoms with Crippen LogP contribution in [0.2, 0.25) is 0 Å². The topological polar surface area (TPSA) is 234 Å². The average Bonchev–Trinajstić information content (AvgIpc) is 3.56. The van der Waals surface area contributed by atoms with E-state index in [1.807, 2.05) is 14.1 Å². The van der Waals surface area contributed by atoms with Gasteiger partial charge in [0.2, 0.25) is 5.43 Å². The van der Waals surface area contributed by atoms with Crippen molar-refractivity contribution in [3.05, 3.63) is 90.8 Å². The monoisotopic (exact) mass is 928 g/mol. The van der Waals surface area contributed by atoms with Crippen molar-refractivity contribution in [1.82, 2.24) is 15.2 Å². The number of aliphatic hydroxyl groups is 4. The quantitative estimate of drug-likeness (QED) is 0.206. The Morgan fingerprint density at radius 2 is 1.66 bits per heavy atom. The SMILES string of the molecule is CO[C@H]1/C=C/O[C@@]2(C)Oc3c(C)c(O)c4c(c3=C2O)=c2nc3c(=O)cc(N5CCC(N(C)C)CC5)cc-3oc2=C(NC(=O)/C(C)=C\C=C\[C@H](C)[C@H](O)[C@@H](C)[C@@H](O)[C@@H](C)[C@H](OC(C)=O)[C@@H]1C)C4O. The van der Waals surface area contributed by atoms with Gasteiger partial charge >= 0.3 is 11.8 Å². The van der Waals surface area contributed by atoms with E-state index in [0.717, 1.165) is 12.8 Å². The molecule has 4 aliphatic heterocycles. The van der Waals surface area contributed by atoms with Gasteiger partial charge in [-0.25, -0.2) is 4.98 Å². The van der Waals surface area contributed by atoms with Crippen LogP contribution in [0.5, 0.6) is 11.5 Å². The van der Waals surface area contributed by atoms with E-state index in [2.05, 4.69) is 15.1 Å². The fraction of sp³-hybridized carbons (Fsp3) is 0.520. The lowest BCUT2D eigenvalue weighted by Crippen LogP contribution is -2.46. The van der Waals surface area contributed by atoms with Crippen molar-refractivity contribution in [3.63, 3.8) is 0 Å². The molecule has 17 nitrogen and oxygen atoms in total. The summed E-state index contributed by atoms with van der Waals surface area (Å²) < 4.78 is 30.6. The molecule has 4 heterocycles. The van der Waals surface area contributed by atoms with Crippen LogP contribution in [0.3, 0.4) is 0 Å². The third-order valence-electron chi connectivity index (χ3n) is 14.1. The Hall–Kier alpha value is -5.72. The molecule has 5 bridgehead atoms. The van der Waals surface area contributed by atoms with Crippen LogP contribution in [0.4, 0.5) is 5.69 Å². The summed E-state index contributed by atoms with van der Waals surface area (Å²) in [6, 6.07) is 3.59. The number of hydrogen-bond acceptors (Lipinski definition) is 16. The molecule has 7 rings (SSSR count). The van der Waals surface area contributed by atoms with Crippen LogP contribution in [0.25, 0.3) is 22.9 Å². The molecule has 1 amide bonds. The van der Waals surface area contributed by atoms with Crippen molar-refractivity contribution in [2.75, 3.05) is 39.2 Å². The number of hydrogen-bond donors (Lipinski definition) is 6. The number of fused-ring (bicyclic) bond motifs is 4. The molecule has 2 aliphatic carbocycles. The number of esters is 1. The summed E-state index contributed by atoms with van der Waals surface area (Å²) in [4.78, 5) is 49.7. The van der Waals surface area contributed by atoms with Gasteiger partial charge in [0.15, 0.2) is 22.6 Å². The second-order valence-electron chi connectivity index (χ2n) is 18.9. The van der Waals surface area contributed by atoms with Crippen LogP contribution >= 0.6 is 0 Å². The van der Waals surface area contributed by atoms with Crippen LogP contribution < -0.4 is 31.0 Å². The van der Waals surface area contributed by atoms with Gasteiger partial charge in [0.1, 0.15) is 29.1 Å². The van der Waals surface area contributed by atoms with Gasteiger partial charge in [0, 0.05) is 103 Å². The van der Waals surface area contributed by atoms with Gasteiger partial charge in [-0.3, -0.25) is 14.4 Å². The summed E-state index contributed by atoms with van der Waals surface area (Å²) in [5.74, 6) is -6.53. The van der Waals surface area contributed by atoms with Crippen molar-refractivity contribution < 1.29 is 58.5 Å². The smallest absolute Gasteiger partial charge is 0.307 e. The number of nitrogens with zero attached hydrogens (tertiary/aromatic N) is 3. The molecule has 1 fully saturated rings. The zero-order valence-corrected chi connectivity index (χ0v) is 40.0. The average molecular weight is 929 g/mol. The second kappa shape index (κ2) is 19.1. The number of phenols is 1. The zero-order chi connectivity index (χ0) is 49.0. The maximum atomic E-state index is 14.1. The van der Waals surface area contributed by atoms with Crippen molar-refractivity contribution in [3.8, 4) is 23.0 Å². The molecule has 1 aromatic rings. The first kappa shape index (κ1) is 49.2. The van der Waals surface area contributed by atoms with Crippen molar-refractivity contribution in [2.24, 2.45) is 23.7 Å². The number of rotatable bonds is 4. The first-order valence-corrected chi connectivity index (χ1v) is 22.8. The number of aromatic nitrogens is 1. The number of aromatic hydroxyl groups is 1. The molecule has 0 radical (unpaired) electrons. The number of ether oxygens (including phenoxy) is 4. The predicted molar refractivity (Wildman–Crippen MR) is 248 cm³/mol. The fourth-order valence-corrected chi connectivity index (χ4v) is 9.85. The molecule has 10 atom stereocenters. The number of aliphatic hydroxyl groups excluding tert-OH is 4. The van der Waals surface area contributed by atoms with E-state index in [1.54, 1.807) is 52.8 Å². The number of phenolic OH excluding ortho intramolecular Hbond substituents is 1. The molecule has 6 N–H and O–H groups in total. The first-order chi connectivity index (χ1) is 31.6. The number of carbonyl (C=O) groups is 2. The van der Waals surface area contributed by atoms with E-state index in [-0.39, 0.29) is 60.8 Å². The highest BCUT2D eigenvalue weighted by atomic mass is 16.7. The lowest BCUT2D eigenvalue weighted by molar-refractivity contribution is -0.160. The Morgan fingerprint density at radius 3 is 2.30 bits per heavy atom. The number of piperidine rings is 1. The number of methoxy groups -OCH3 is 1. The van der Waals surface area contributed by atoms with Gasteiger partial charge in [0.25, 0.3) is 5.91 Å². The molecule has 0 aromatic heterocycles. The highest BCUT2D eigenvalue weighted by molar-refractivity contribution is 5.97. The highest BCUT2D eigenvalue weighted by Crippen LogP contribution is 2.42. The van der Waals surface area contributed by atoms with Crippen LogP contribution in [0.1, 0.15) is 78.5 Å². The molecule has 1 aromatic carbocycles. The van der Waals surface area contributed by atoms with Gasteiger partial charge in [-0.15, -0.1) is 0 Å². The molecular formula is C50H64N4O13. The van der Waals surface area contributed by atoms with E-state index >= 15 is 0 Å². The second-order valence-corrected chi connectivity index (χ2v) is 18.9. The lowest BCUT2D eigenvalue weighted by atomic mass is 9.78. The summed E-state index contributed by atoms with van der Waals surface area (Å²) in [5, 5.41) is 62.2. The normalized spacial score (nSPS) is 31.4. The maximum absolute atomic E-state index is 14.1. The molecule has 362 valence electrons. The molecule has 67 heavy (non-hydrogen) atoms. The van der Waals surface area contributed by atoms with Crippen LogP contribution in [-0.2, 0) is 23.8 Å². The largest absolute Gasteiger partial charge is 0.507 e. The number of allylic oxidation sites excluding steroid dienone is 2. The highest BCUT2D eigenvalue weighted by Gasteiger charge is 2.45. The molecule has 1 unspecified atom stereocenters. The van der Waals surface area contributed by atoms with Crippen molar-refractivity contribution in [2.45, 2.75) is 111 Å². The number of carbonyl (C=O) groups excluding carboxylic acids is 2. The fourth-order valence-electron chi connectivity index (χ4n) is 9.85. The number of benzene rings is 2. The minimum Gasteiger partial charge on any atom is -0.507 e. The van der Waals surface area contributed by atoms with Crippen LogP contribution in [0, 0.1) is 41.2 Å². The Morgan fingerprint density at radius 1 is 0.970 bits per heavy atom. The third-order valence-corrected chi connectivity index (χ3v) is 14.1. The number of nitrogens with one attached hydrogen (secondary N) is 1. The van der Waals surface area contributed by atoms with Gasteiger partial charge in [-0.1, -0.05) is 45.9 Å². The lowest BCUT2D eigenvalue weighted by Gasteiger charge is -2.38. The Bertz CT molecular complexity index is 2780. The van der Waals surface area contributed by atoms with Crippen molar-refractivity contribution >= 4 is 29.0 Å². The summed E-state index contributed by atoms with van der Waals surface area (Å²) in [6.45, 7) is 14.1. The minimum atomic E-state index is -1.95. The molecule has 0 saturated carbocycles. The Labute approximate surface area is 389 Å². The van der Waals surface area contributed by atoms with Gasteiger partial charge in [0.05, 0.1) is 35.5 Å². The summed E-state index contributed by atoms with van der Waals surface area (Å²) >= 11 is 0. The van der Waals surface area contributed by atoms with E-state index < -0.39 is 88.8 Å². The minimum absolute atomic E-state index is 0.00255. The molecule has 1 saturated heterocycles. The van der Waals surface area contributed by atoms with E-state index in [1.165, 1.54) is 52.4 Å². The van der Waals surface area contributed by atoms with E-state index in [9.17, 15) is 39.9 Å². The molecule has 0 spiro atoms. The predicted octanol–water partition coefficient (Wildman–Crippen LogP) is 3.28. The molecule has 6 aliphatic rings. The van der Waals surface area contributed by atoms with E-state index in [0.29, 0.717) is 24.8 Å². The summed E-state index contributed by atoms with van der Waals surface area (Å²) in [6.07, 6.45) is 3.70. The Balaban J connectivity index is 1.48. The van der Waals surface area contributed by atoms with E-state index in [4.69, 9.17) is 28.3 Å². The summed E-state index contributed by atoms with van der Waals surface area (Å²) in [7, 11) is 5.54. The maximum Gasteiger partial charge on any atom is 0.307 e. The van der Waals surface area contributed by atoms with Crippen LogP contribution in [-0.4, -0.2) is 118 Å². The van der Waals surface area contributed by atoms with Gasteiger partial charge < -0.3 is 64.0 Å². The standard InChI is InChI=1S/C50H64N4O13/c1-23-13-12-14-24(2)49(62)52-40-44(60)36-35(39-47(40)66-34-22-31(21-32(56)38(34)51-39)54-18-15-30(16-19-54)53(9)10)37-46(28(6)43(36)59)67-50(8,48(37)61)64-20-17-33(63-11)25(3)45(65-29(7)55)27(5)42(58)26(4)41(23)57/h12-14,17,20-23,25-27,30,33,41-42,44-45,57-61H,15-16,18-19H2,1-11H3,(H,52,62)/b13-12+,20-17+,24-14-/t23-,25+,26+,27+,33-,41-,42+,44?,45+,50-/m0/s1. The van der Waals surface area contributed by atoms with Crippen molar-refractivity contribution in [1.29, 1.82) is 0 Å². The molecule has 17 heteroatoms. The third kappa shape index (κ3) is 9.07. The zero-order valence-electron chi connectivity index (χ0n) is 40.0. The molecular weight excluding hydrogens is 865 g/mol.